The van der Waals surface area contributed by atoms with Crippen LogP contribution in [0, 0.1) is 0 Å². The van der Waals surface area contributed by atoms with Crippen molar-refractivity contribution in [3.05, 3.63) is 40.3 Å². The number of aromatic nitrogens is 2. The number of nitrogens with zero attached hydrogens (tertiary/aromatic N) is 3. The van der Waals surface area contributed by atoms with Crippen molar-refractivity contribution in [2.75, 3.05) is 0 Å². The Morgan fingerprint density at radius 2 is 1.83 bits per heavy atom. The Kier molecular flexibility index (Phi) is 4.66. The summed E-state index contributed by atoms with van der Waals surface area (Å²) in [7, 11) is 0. The van der Waals surface area contributed by atoms with Crippen molar-refractivity contribution >= 4 is 16.7 Å². The number of benzene rings is 1. The standard InChI is InChI=1S/C18H24N4O2/c1-4-21-18(24)15-11-6-5-10-14(15)16(19-21)17(23)20-22-12(2)8-7-9-13(22)3/h5-6,10-13H,4,7-9H2,1-3H3,(H,20,23)/t12-,13+. The summed E-state index contributed by atoms with van der Waals surface area (Å²) >= 11 is 0. The molecule has 0 unspecified atom stereocenters. The molecule has 0 bridgehead atoms. The molecular weight excluding hydrogens is 304 g/mol. The van der Waals surface area contributed by atoms with Crippen LogP contribution in [0.25, 0.3) is 10.8 Å². The molecule has 6 nitrogen and oxygen atoms in total. The number of aryl methyl sites for hydroxylation is 1. The van der Waals surface area contributed by atoms with E-state index in [1.807, 2.05) is 18.0 Å². The summed E-state index contributed by atoms with van der Waals surface area (Å²) in [6.07, 6.45) is 3.30. The highest BCUT2D eigenvalue weighted by molar-refractivity contribution is 6.04. The summed E-state index contributed by atoms with van der Waals surface area (Å²) in [4.78, 5) is 25.3. The van der Waals surface area contributed by atoms with Gasteiger partial charge in [-0.05, 0) is 39.7 Å². The van der Waals surface area contributed by atoms with E-state index in [1.165, 1.54) is 11.1 Å². The summed E-state index contributed by atoms with van der Waals surface area (Å²) in [5.41, 5.74) is 3.15. The van der Waals surface area contributed by atoms with E-state index in [9.17, 15) is 9.59 Å². The number of fused-ring (bicyclic) bond motifs is 1. The first kappa shape index (κ1) is 16.6. The lowest BCUT2D eigenvalue weighted by Crippen LogP contribution is -2.54. The van der Waals surface area contributed by atoms with E-state index in [2.05, 4.69) is 24.4 Å². The lowest BCUT2D eigenvalue weighted by atomic mass is 10.00. The van der Waals surface area contributed by atoms with E-state index in [4.69, 9.17) is 0 Å². The number of amides is 1. The summed E-state index contributed by atoms with van der Waals surface area (Å²) in [5.74, 6) is -0.256. The summed E-state index contributed by atoms with van der Waals surface area (Å²) in [5, 5.41) is 7.44. The van der Waals surface area contributed by atoms with Gasteiger partial charge in [-0.2, -0.15) is 5.10 Å². The van der Waals surface area contributed by atoms with Gasteiger partial charge in [0.05, 0.1) is 5.39 Å². The average Bonchev–Trinajstić information content (AvgIpc) is 2.59. The average molecular weight is 328 g/mol. The topological polar surface area (TPSA) is 67.2 Å². The van der Waals surface area contributed by atoms with E-state index < -0.39 is 0 Å². The van der Waals surface area contributed by atoms with Crippen LogP contribution in [0.3, 0.4) is 0 Å². The third-order valence-corrected chi connectivity index (χ3v) is 4.81. The summed E-state index contributed by atoms with van der Waals surface area (Å²) < 4.78 is 1.35. The van der Waals surface area contributed by atoms with Gasteiger partial charge >= 0.3 is 0 Å². The van der Waals surface area contributed by atoms with Crippen LogP contribution >= 0.6 is 0 Å². The SMILES string of the molecule is CCn1nc(C(=O)NN2[C@H](C)CCC[C@@H]2C)c2ccccc2c1=O. The predicted octanol–water partition coefficient (Wildman–Crippen LogP) is 2.32. The van der Waals surface area contributed by atoms with Crippen LogP contribution < -0.4 is 11.0 Å². The first-order valence-electron chi connectivity index (χ1n) is 8.62. The fourth-order valence-corrected chi connectivity index (χ4v) is 3.43. The van der Waals surface area contributed by atoms with Crippen LogP contribution in [0.2, 0.25) is 0 Å². The molecule has 24 heavy (non-hydrogen) atoms. The Morgan fingerprint density at radius 1 is 1.21 bits per heavy atom. The van der Waals surface area contributed by atoms with Crippen molar-refractivity contribution < 1.29 is 4.79 Å². The highest BCUT2D eigenvalue weighted by atomic mass is 16.2. The molecule has 0 aliphatic carbocycles. The van der Waals surface area contributed by atoms with Crippen molar-refractivity contribution in [2.24, 2.45) is 0 Å². The molecule has 1 aliphatic heterocycles. The minimum atomic E-state index is -0.256. The van der Waals surface area contributed by atoms with Crippen molar-refractivity contribution in [3.63, 3.8) is 0 Å². The molecule has 2 heterocycles. The zero-order chi connectivity index (χ0) is 17.3. The Bertz CT molecular complexity index is 804. The largest absolute Gasteiger partial charge is 0.286 e. The first-order chi connectivity index (χ1) is 11.5. The Hall–Kier alpha value is -2.21. The second-order valence-corrected chi connectivity index (χ2v) is 6.49. The number of hydrazine groups is 1. The van der Waals surface area contributed by atoms with Crippen LogP contribution in [0.4, 0.5) is 0 Å². The van der Waals surface area contributed by atoms with Gasteiger partial charge in [-0.15, -0.1) is 0 Å². The maximum atomic E-state index is 12.9. The molecule has 1 aliphatic rings. The molecule has 1 amide bonds. The van der Waals surface area contributed by atoms with Crippen LogP contribution in [-0.4, -0.2) is 32.8 Å². The fraction of sp³-hybridized carbons (Fsp3) is 0.500. The Balaban J connectivity index is 2.00. The third-order valence-electron chi connectivity index (χ3n) is 4.81. The molecule has 6 heteroatoms. The number of nitrogens with one attached hydrogen (secondary N) is 1. The van der Waals surface area contributed by atoms with Gasteiger partial charge in [-0.3, -0.25) is 15.0 Å². The number of rotatable bonds is 3. The van der Waals surface area contributed by atoms with Crippen LogP contribution in [0.1, 0.15) is 50.5 Å². The zero-order valence-electron chi connectivity index (χ0n) is 14.5. The Morgan fingerprint density at radius 3 is 2.46 bits per heavy atom. The molecular formula is C18H24N4O2. The highest BCUT2D eigenvalue weighted by Crippen LogP contribution is 2.21. The van der Waals surface area contributed by atoms with E-state index in [0.29, 0.717) is 35.1 Å². The lowest BCUT2D eigenvalue weighted by molar-refractivity contribution is 0.0366. The van der Waals surface area contributed by atoms with Gasteiger partial charge < -0.3 is 0 Å². The van der Waals surface area contributed by atoms with Crippen molar-refractivity contribution in [1.82, 2.24) is 20.2 Å². The molecule has 3 rings (SSSR count). The molecule has 1 fully saturated rings. The molecule has 0 radical (unpaired) electrons. The van der Waals surface area contributed by atoms with Crippen LogP contribution in [0.15, 0.2) is 29.1 Å². The minimum absolute atomic E-state index is 0.163. The molecule has 128 valence electrons. The van der Waals surface area contributed by atoms with Gasteiger partial charge in [-0.25, -0.2) is 9.69 Å². The number of piperidine rings is 1. The van der Waals surface area contributed by atoms with Gasteiger partial charge in [0.25, 0.3) is 11.5 Å². The van der Waals surface area contributed by atoms with Gasteiger partial charge in [0.1, 0.15) is 0 Å². The van der Waals surface area contributed by atoms with Gasteiger partial charge in [-0.1, -0.05) is 24.6 Å². The normalized spacial score (nSPS) is 21.8. The molecule has 1 aromatic heterocycles. The molecule has 2 atom stereocenters. The Labute approximate surface area is 141 Å². The molecule has 2 aromatic rings. The predicted molar refractivity (Wildman–Crippen MR) is 93.8 cm³/mol. The van der Waals surface area contributed by atoms with Gasteiger partial charge in [0.15, 0.2) is 5.69 Å². The molecule has 0 saturated carbocycles. The summed E-state index contributed by atoms with van der Waals surface area (Å²) in [6, 6.07) is 7.74. The number of carbonyl (C=O) groups excluding carboxylic acids is 1. The fourth-order valence-electron chi connectivity index (χ4n) is 3.43. The minimum Gasteiger partial charge on any atom is -0.283 e. The van der Waals surface area contributed by atoms with E-state index in [1.54, 1.807) is 18.2 Å². The van der Waals surface area contributed by atoms with E-state index in [-0.39, 0.29) is 11.5 Å². The number of hydrogen-bond donors (Lipinski definition) is 1. The van der Waals surface area contributed by atoms with Gasteiger partial charge in [0, 0.05) is 24.0 Å². The third kappa shape index (κ3) is 2.94. The van der Waals surface area contributed by atoms with Crippen molar-refractivity contribution in [3.8, 4) is 0 Å². The maximum Gasteiger partial charge on any atom is 0.286 e. The smallest absolute Gasteiger partial charge is 0.283 e. The quantitative estimate of drug-likeness (QED) is 0.939. The van der Waals surface area contributed by atoms with Crippen LogP contribution in [-0.2, 0) is 6.54 Å². The van der Waals surface area contributed by atoms with E-state index in [0.717, 1.165) is 12.8 Å². The monoisotopic (exact) mass is 328 g/mol. The molecule has 1 saturated heterocycles. The second-order valence-electron chi connectivity index (χ2n) is 6.49. The molecule has 1 N–H and O–H groups in total. The van der Waals surface area contributed by atoms with Crippen LogP contribution in [0.5, 0.6) is 0 Å². The van der Waals surface area contributed by atoms with Crippen molar-refractivity contribution in [1.29, 1.82) is 0 Å². The zero-order valence-corrected chi connectivity index (χ0v) is 14.5. The van der Waals surface area contributed by atoms with Gasteiger partial charge in [0.2, 0.25) is 0 Å². The molecule has 1 aromatic carbocycles. The maximum absolute atomic E-state index is 12.9. The molecule has 0 spiro atoms. The highest BCUT2D eigenvalue weighted by Gasteiger charge is 2.27. The van der Waals surface area contributed by atoms with E-state index >= 15 is 0 Å². The second kappa shape index (κ2) is 6.73. The summed E-state index contributed by atoms with van der Waals surface area (Å²) in [6.45, 7) is 6.52. The van der Waals surface area contributed by atoms with Crippen molar-refractivity contribution in [2.45, 2.75) is 58.7 Å². The number of carbonyl (C=O) groups is 1. The lowest BCUT2D eigenvalue weighted by Gasteiger charge is -2.38. The first-order valence-corrected chi connectivity index (χ1v) is 8.62. The number of hydrogen-bond acceptors (Lipinski definition) is 4.